The van der Waals surface area contributed by atoms with Crippen LogP contribution in [0.1, 0.15) is 37.1 Å². The monoisotopic (exact) mass is 482 g/mol. The molecular weight excluding hydrogens is 456 g/mol. The Kier molecular flexibility index (Phi) is 7.00. The Morgan fingerprint density at radius 2 is 1.82 bits per heavy atom. The normalized spacial score (nSPS) is 24.8. The average Bonchev–Trinajstić information content (AvgIpc) is 3.37. The van der Waals surface area contributed by atoms with E-state index in [0.717, 1.165) is 10.1 Å². The van der Waals surface area contributed by atoms with E-state index in [2.05, 4.69) is 13.8 Å². The van der Waals surface area contributed by atoms with Crippen molar-refractivity contribution in [2.75, 3.05) is 6.61 Å². The molecule has 34 heavy (non-hydrogen) atoms. The minimum absolute atomic E-state index is 0.144. The van der Waals surface area contributed by atoms with Crippen LogP contribution >= 0.6 is 11.3 Å². The number of ether oxygens (including phenoxy) is 1. The molecule has 1 saturated heterocycles. The Bertz CT molecular complexity index is 1240. The van der Waals surface area contributed by atoms with Gasteiger partial charge in [0.15, 0.2) is 6.23 Å². The lowest BCUT2D eigenvalue weighted by Gasteiger charge is -2.41. The van der Waals surface area contributed by atoms with E-state index in [-0.39, 0.29) is 5.56 Å². The van der Waals surface area contributed by atoms with Crippen LogP contribution in [-0.4, -0.2) is 56.0 Å². The van der Waals surface area contributed by atoms with E-state index >= 15 is 0 Å². The molecule has 3 aromatic rings. The van der Waals surface area contributed by atoms with Gasteiger partial charge in [-0.1, -0.05) is 44.2 Å². The van der Waals surface area contributed by atoms with Gasteiger partial charge >= 0.3 is 0 Å². The molecule has 1 aliphatic heterocycles. The van der Waals surface area contributed by atoms with Crippen LogP contribution in [0.25, 0.3) is 21.7 Å². The summed E-state index contributed by atoms with van der Waals surface area (Å²) in [4.78, 5) is 14.3. The second kappa shape index (κ2) is 9.80. The maximum atomic E-state index is 13.7. The number of aliphatic hydroxyl groups excluding tert-OH is 4. The Balaban J connectivity index is 1.95. The van der Waals surface area contributed by atoms with Gasteiger partial charge in [0.1, 0.15) is 36.0 Å². The Labute approximate surface area is 200 Å². The summed E-state index contributed by atoms with van der Waals surface area (Å²) in [5.41, 5.74) is 1.78. The third-order valence-corrected chi connectivity index (χ3v) is 7.03. The lowest BCUT2D eigenvalue weighted by atomic mass is 9.95. The molecule has 2 aromatic heterocycles. The van der Waals surface area contributed by atoms with Crippen LogP contribution in [-0.2, 0) is 4.74 Å². The molecular formula is C25H26N2O6S. The first kappa shape index (κ1) is 24.3. The zero-order chi connectivity index (χ0) is 24.6. The molecule has 5 atom stereocenters. The fourth-order valence-electron chi connectivity index (χ4n) is 4.17. The van der Waals surface area contributed by atoms with Crippen molar-refractivity contribution in [3.8, 4) is 27.8 Å². The quantitative estimate of drug-likeness (QED) is 0.438. The van der Waals surface area contributed by atoms with Crippen LogP contribution in [0.15, 0.2) is 52.6 Å². The molecule has 0 saturated carbocycles. The fourth-order valence-corrected chi connectivity index (χ4v) is 4.91. The number of aromatic nitrogens is 1. The van der Waals surface area contributed by atoms with Crippen LogP contribution in [0.2, 0.25) is 0 Å². The van der Waals surface area contributed by atoms with Gasteiger partial charge < -0.3 is 25.2 Å². The van der Waals surface area contributed by atoms with Crippen molar-refractivity contribution >= 4 is 11.3 Å². The number of thiophene rings is 1. The maximum Gasteiger partial charge on any atom is 0.271 e. The van der Waals surface area contributed by atoms with Crippen molar-refractivity contribution in [1.29, 1.82) is 5.26 Å². The summed E-state index contributed by atoms with van der Waals surface area (Å²) in [5, 5.41) is 52.5. The highest BCUT2D eigenvalue weighted by Gasteiger charge is 2.45. The molecule has 0 amide bonds. The van der Waals surface area contributed by atoms with E-state index in [1.807, 2.05) is 35.7 Å². The molecule has 1 fully saturated rings. The first-order chi connectivity index (χ1) is 16.3. The van der Waals surface area contributed by atoms with Crippen LogP contribution in [0.4, 0.5) is 0 Å². The van der Waals surface area contributed by atoms with E-state index in [0.29, 0.717) is 27.6 Å². The summed E-state index contributed by atoms with van der Waals surface area (Å²) in [6.45, 7) is 3.52. The van der Waals surface area contributed by atoms with Crippen molar-refractivity contribution in [2.24, 2.45) is 0 Å². The molecule has 0 aliphatic carbocycles. The third kappa shape index (κ3) is 4.20. The standard InChI is InChI=1S/C25H26N2O6S/c1-13(2)14-5-7-15(8-6-14)16-10-18(20-4-3-9-34-20)27(24(32)17(16)11-26)25-23(31)22(30)21(29)19(12-28)33-25/h3-10,13,19,21-23,25,28-31H,12H2,1-2H3/t19-,21-,22+,23-,25-/m1/s1. The molecule has 0 unspecified atom stereocenters. The molecule has 178 valence electrons. The maximum absolute atomic E-state index is 13.7. The number of rotatable bonds is 5. The highest BCUT2D eigenvalue weighted by molar-refractivity contribution is 7.13. The number of nitrogens with zero attached hydrogens (tertiary/aromatic N) is 2. The molecule has 1 aliphatic rings. The van der Waals surface area contributed by atoms with Gasteiger partial charge in [-0.3, -0.25) is 9.36 Å². The van der Waals surface area contributed by atoms with E-state index < -0.39 is 42.8 Å². The van der Waals surface area contributed by atoms with Gasteiger partial charge in [0.25, 0.3) is 5.56 Å². The Morgan fingerprint density at radius 3 is 2.38 bits per heavy atom. The molecule has 4 N–H and O–H groups in total. The van der Waals surface area contributed by atoms with Gasteiger partial charge in [0.05, 0.1) is 17.2 Å². The average molecular weight is 483 g/mol. The molecule has 8 nitrogen and oxygen atoms in total. The first-order valence-electron chi connectivity index (χ1n) is 10.9. The van der Waals surface area contributed by atoms with Crippen LogP contribution < -0.4 is 5.56 Å². The van der Waals surface area contributed by atoms with E-state index in [1.165, 1.54) is 11.3 Å². The zero-order valence-electron chi connectivity index (χ0n) is 18.7. The second-order valence-corrected chi connectivity index (χ2v) is 9.53. The summed E-state index contributed by atoms with van der Waals surface area (Å²) >= 11 is 1.35. The van der Waals surface area contributed by atoms with Gasteiger partial charge in [-0.15, -0.1) is 11.3 Å². The fraction of sp³-hybridized carbons (Fsp3) is 0.360. The van der Waals surface area contributed by atoms with Gasteiger partial charge in [-0.05, 0) is 34.6 Å². The Hall–Kier alpha value is -2.84. The summed E-state index contributed by atoms with van der Waals surface area (Å²) < 4.78 is 6.80. The van der Waals surface area contributed by atoms with E-state index in [9.17, 15) is 30.5 Å². The van der Waals surface area contributed by atoms with E-state index in [1.54, 1.807) is 18.2 Å². The highest BCUT2D eigenvalue weighted by atomic mass is 32.1. The van der Waals surface area contributed by atoms with Gasteiger partial charge in [0.2, 0.25) is 0 Å². The summed E-state index contributed by atoms with van der Waals surface area (Å²) in [7, 11) is 0. The second-order valence-electron chi connectivity index (χ2n) is 8.58. The molecule has 4 rings (SSSR count). The summed E-state index contributed by atoms with van der Waals surface area (Å²) in [6, 6.07) is 14.9. The SMILES string of the molecule is CC(C)c1ccc(-c2cc(-c3cccs3)n([C@@H]3O[C@H](CO)[C@@H](O)[C@H](O)[C@H]3O)c(=O)c2C#N)cc1. The van der Waals surface area contributed by atoms with Crippen molar-refractivity contribution in [2.45, 2.75) is 50.4 Å². The molecule has 0 spiro atoms. The smallest absolute Gasteiger partial charge is 0.271 e. The molecule has 3 heterocycles. The minimum Gasteiger partial charge on any atom is -0.394 e. The van der Waals surface area contributed by atoms with Crippen LogP contribution in [0.5, 0.6) is 0 Å². The largest absolute Gasteiger partial charge is 0.394 e. The lowest BCUT2D eigenvalue weighted by molar-refractivity contribution is -0.251. The van der Waals surface area contributed by atoms with E-state index in [4.69, 9.17) is 4.74 Å². The highest BCUT2D eigenvalue weighted by Crippen LogP contribution is 2.36. The Morgan fingerprint density at radius 1 is 1.12 bits per heavy atom. The number of pyridine rings is 1. The van der Waals surface area contributed by atoms with Crippen LogP contribution in [0, 0.1) is 11.3 Å². The van der Waals surface area contributed by atoms with Crippen molar-refractivity contribution < 1.29 is 25.2 Å². The van der Waals surface area contributed by atoms with Gasteiger partial charge in [-0.25, -0.2) is 0 Å². The minimum atomic E-state index is -1.67. The van der Waals surface area contributed by atoms with Crippen molar-refractivity contribution in [1.82, 2.24) is 4.57 Å². The first-order valence-corrected chi connectivity index (χ1v) is 11.8. The van der Waals surface area contributed by atoms with Crippen molar-refractivity contribution in [3.05, 3.63) is 69.3 Å². The predicted molar refractivity (Wildman–Crippen MR) is 127 cm³/mol. The number of hydrogen-bond donors (Lipinski definition) is 4. The van der Waals surface area contributed by atoms with Gasteiger partial charge in [-0.2, -0.15) is 5.26 Å². The van der Waals surface area contributed by atoms with Crippen molar-refractivity contribution in [3.63, 3.8) is 0 Å². The number of benzene rings is 1. The number of hydrogen-bond acceptors (Lipinski definition) is 8. The summed E-state index contributed by atoms with van der Waals surface area (Å²) in [5.74, 6) is 0.324. The molecule has 0 radical (unpaired) electrons. The third-order valence-electron chi connectivity index (χ3n) is 6.14. The number of nitriles is 1. The number of aliphatic hydroxyl groups is 4. The zero-order valence-corrected chi connectivity index (χ0v) is 19.5. The lowest BCUT2D eigenvalue weighted by Crippen LogP contribution is -2.57. The summed E-state index contributed by atoms with van der Waals surface area (Å²) in [6.07, 6.45) is -7.51. The molecule has 1 aromatic carbocycles. The topological polar surface area (TPSA) is 136 Å². The van der Waals surface area contributed by atoms with Gasteiger partial charge in [0, 0.05) is 5.56 Å². The van der Waals surface area contributed by atoms with Crippen LogP contribution in [0.3, 0.4) is 0 Å². The molecule has 0 bridgehead atoms. The predicted octanol–water partition coefficient (Wildman–Crippen LogP) is 2.21. The molecule has 9 heteroatoms.